The van der Waals surface area contributed by atoms with Gasteiger partial charge in [-0.25, -0.2) is 0 Å². The van der Waals surface area contributed by atoms with E-state index in [1.54, 1.807) is 16.7 Å². The largest absolute Gasteiger partial charge is 0.355 e. The first-order valence-electron chi connectivity index (χ1n) is 9.31. The molecule has 1 heterocycles. The minimum Gasteiger partial charge on any atom is -0.355 e. The molecule has 2 amide bonds. The van der Waals surface area contributed by atoms with Gasteiger partial charge in [0.25, 0.3) is 0 Å². The van der Waals surface area contributed by atoms with Gasteiger partial charge in [-0.3, -0.25) is 14.5 Å². The summed E-state index contributed by atoms with van der Waals surface area (Å²) in [5.41, 5.74) is 1.24. The molecule has 1 aromatic heterocycles. The standard InChI is InChI=1S/C19H24N4O2S3/c1-3-17(25)23(14-6-7-14)18-21-22-19(28-18)27-12-16(24)20-10-11-26-15-8-4-13(2)5-9-15/h4-5,8-9,14H,3,6-7,10-12H2,1-2H3,(H,20,24). The van der Waals surface area contributed by atoms with Crippen molar-refractivity contribution in [3.8, 4) is 0 Å². The topological polar surface area (TPSA) is 75.2 Å². The van der Waals surface area contributed by atoms with Gasteiger partial charge in [0.2, 0.25) is 16.9 Å². The van der Waals surface area contributed by atoms with Crippen molar-refractivity contribution in [2.24, 2.45) is 0 Å². The Morgan fingerprint density at radius 3 is 2.64 bits per heavy atom. The van der Waals surface area contributed by atoms with Crippen LogP contribution in [0, 0.1) is 6.92 Å². The number of hydrogen-bond acceptors (Lipinski definition) is 7. The van der Waals surface area contributed by atoms with E-state index >= 15 is 0 Å². The number of anilines is 1. The maximum absolute atomic E-state index is 12.1. The molecule has 0 atom stereocenters. The van der Waals surface area contributed by atoms with Crippen molar-refractivity contribution in [1.29, 1.82) is 0 Å². The van der Waals surface area contributed by atoms with Crippen LogP contribution in [0.5, 0.6) is 0 Å². The Morgan fingerprint density at radius 1 is 1.21 bits per heavy atom. The second kappa shape index (κ2) is 10.3. The molecule has 0 saturated heterocycles. The monoisotopic (exact) mass is 436 g/mol. The van der Waals surface area contributed by atoms with Crippen LogP contribution in [-0.4, -0.2) is 46.1 Å². The average molecular weight is 437 g/mol. The van der Waals surface area contributed by atoms with Crippen LogP contribution in [-0.2, 0) is 9.59 Å². The molecule has 6 nitrogen and oxygen atoms in total. The SMILES string of the molecule is CCC(=O)N(c1nnc(SCC(=O)NCCSc2ccc(C)cc2)s1)C1CC1. The molecule has 0 aliphatic heterocycles. The molecule has 3 rings (SSSR count). The lowest BCUT2D eigenvalue weighted by Gasteiger charge is -2.17. The molecule has 9 heteroatoms. The van der Waals surface area contributed by atoms with Crippen molar-refractivity contribution in [2.75, 3.05) is 23.0 Å². The van der Waals surface area contributed by atoms with E-state index in [0.29, 0.717) is 28.2 Å². The van der Waals surface area contributed by atoms with Crippen LogP contribution in [0.4, 0.5) is 5.13 Å². The molecule has 1 N–H and O–H groups in total. The van der Waals surface area contributed by atoms with E-state index in [2.05, 4.69) is 46.7 Å². The number of thioether (sulfide) groups is 2. The molecule has 0 radical (unpaired) electrons. The predicted octanol–water partition coefficient (Wildman–Crippen LogP) is 3.75. The van der Waals surface area contributed by atoms with Crippen LogP contribution < -0.4 is 10.2 Å². The summed E-state index contributed by atoms with van der Waals surface area (Å²) in [5, 5.41) is 11.9. The van der Waals surface area contributed by atoms with Crippen molar-refractivity contribution >= 4 is 51.8 Å². The third kappa shape index (κ3) is 6.22. The summed E-state index contributed by atoms with van der Waals surface area (Å²) in [6.45, 7) is 4.55. The van der Waals surface area contributed by atoms with E-state index in [1.807, 2.05) is 6.92 Å². The summed E-state index contributed by atoms with van der Waals surface area (Å²) in [6, 6.07) is 8.64. The first-order valence-corrected chi connectivity index (χ1v) is 12.1. The number of carbonyl (C=O) groups is 2. The van der Waals surface area contributed by atoms with Crippen molar-refractivity contribution in [3.63, 3.8) is 0 Å². The normalized spacial score (nSPS) is 13.4. The Hall–Kier alpha value is -1.58. The lowest BCUT2D eigenvalue weighted by Crippen LogP contribution is -2.32. The maximum atomic E-state index is 12.1. The summed E-state index contributed by atoms with van der Waals surface area (Å²) in [7, 11) is 0. The summed E-state index contributed by atoms with van der Waals surface area (Å²) < 4.78 is 0.716. The molecule has 2 aromatic rings. The number of benzene rings is 1. The van der Waals surface area contributed by atoms with Crippen LogP contribution in [0.25, 0.3) is 0 Å². The molecule has 1 saturated carbocycles. The van der Waals surface area contributed by atoms with E-state index in [9.17, 15) is 9.59 Å². The Kier molecular flexibility index (Phi) is 7.75. The number of aryl methyl sites for hydroxylation is 1. The highest BCUT2D eigenvalue weighted by Crippen LogP contribution is 2.36. The molecule has 0 unspecified atom stereocenters. The smallest absolute Gasteiger partial charge is 0.230 e. The summed E-state index contributed by atoms with van der Waals surface area (Å²) in [6.07, 6.45) is 2.51. The molecule has 28 heavy (non-hydrogen) atoms. The van der Waals surface area contributed by atoms with Gasteiger partial charge >= 0.3 is 0 Å². The fourth-order valence-electron chi connectivity index (χ4n) is 2.50. The zero-order chi connectivity index (χ0) is 19.9. The third-order valence-electron chi connectivity index (χ3n) is 4.13. The van der Waals surface area contributed by atoms with Crippen molar-refractivity contribution in [2.45, 2.75) is 48.4 Å². The van der Waals surface area contributed by atoms with Gasteiger partial charge in [-0.1, -0.05) is 47.7 Å². The van der Waals surface area contributed by atoms with Gasteiger partial charge in [-0.2, -0.15) is 0 Å². The summed E-state index contributed by atoms with van der Waals surface area (Å²) in [4.78, 5) is 27.1. The maximum Gasteiger partial charge on any atom is 0.230 e. The van der Waals surface area contributed by atoms with Crippen LogP contribution in [0.1, 0.15) is 31.7 Å². The minimum atomic E-state index is -0.0186. The summed E-state index contributed by atoms with van der Waals surface area (Å²) in [5.74, 6) is 1.20. The van der Waals surface area contributed by atoms with E-state index in [4.69, 9.17) is 0 Å². The van der Waals surface area contributed by atoms with Gasteiger partial charge < -0.3 is 5.32 Å². The molecule has 1 aliphatic rings. The number of nitrogens with one attached hydrogen (secondary N) is 1. The Balaban J connectivity index is 1.38. The summed E-state index contributed by atoms with van der Waals surface area (Å²) >= 11 is 4.47. The number of carbonyl (C=O) groups excluding carboxylic acids is 2. The highest BCUT2D eigenvalue weighted by atomic mass is 32.2. The van der Waals surface area contributed by atoms with Crippen LogP contribution in [0.15, 0.2) is 33.5 Å². The van der Waals surface area contributed by atoms with E-state index in [1.165, 1.54) is 33.6 Å². The quantitative estimate of drug-likeness (QED) is 0.347. The van der Waals surface area contributed by atoms with Gasteiger partial charge in [-0.15, -0.1) is 22.0 Å². The van der Waals surface area contributed by atoms with E-state index in [-0.39, 0.29) is 17.9 Å². The van der Waals surface area contributed by atoms with Gasteiger partial charge in [0, 0.05) is 29.7 Å². The molecule has 150 valence electrons. The molecule has 1 aliphatic carbocycles. The number of amides is 2. The van der Waals surface area contributed by atoms with Gasteiger partial charge in [-0.05, 0) is 31.9 Å². The first kappa shape index (κ1) is 21.1. The molecular weight excluding hydrogens is 412 g/mol. The first-order chi connectivity index (χ1) is 13.6. The Morgan fingerprint density at radius 2 is 1.96 bits per heavy atom. The van der Waals surface area contributed by atoms with Crippen molar-refractivity contribution in [3.05, 3.63) is 29.8 Å². The van der Waals surface area contributed by atoms with Crippen molar-refractivity contribution < 1.29 is 9.59 Å². The highest BCUT2D eigenvalue weighted by Gasteiger charge is 2.35. The van der Waals surface area contributed by atoms with Gasteiger partial charge in [0.1, 0.15) is 0 Å². The Bertz CT molecular complexity index is 806. The molecule has 0 spiro atoms. The second-order valence-corrected chi connectivity index (χ2v) is 9.85. The molecule has 1 fully saturated rings. The fraction of sp³-hybridized carbons (Fsp3) is 0.474. The molecular formula is C19H24N4O2S3. The second-order valence-electron chi connectivity index (χ2n) is 6.50. The molecule has 0 bridgehead atoms. The number of hydrogen-bond donors (Lipinski definition) is 1. The number of rotatable bonds is 10. The highest BCUT2D eigenvalue weighted by molar-refractivity contribution is 8.01. The van der Waals surface area contributed by atoms with Gasteiger partial charge in [0.15, 0.2) is 4.34 Å². The van der Waals surface area contributed by atoms with E-state index < -0.39 is 0 Å². The predicted molar refractivity (Wildman–Crippen MR) is 116 cm³/mol. The molecule has 1 aromatic carbocycles. The number of nitrogens with zero attached hydrogens (tertiary/aromatic N) is 3. The number of aromatic nitrogens is 2. The Labute approximate surface area is 177 Å². The van der Waals surface area contributed by atoms with Crippen molar-refractivity contribution in [1.82, 2.24) is 15.5 Å². The van der Waals surface area contributed by atoms with E-state index in [0.717, 1.165) is 18.6 Å². The average Bonchev–Trinajstić information content (AvgIpc) is 3.42. The third-order valence-corrected chi connectivity index (χ3v) is 7.20. The zero-order valence-electron chi connectivity index (χ0n) is 16.0. The fourth-order valence-corrected chi connectivity index (χ4v) is 5.03. The van der Waals surface area contributed by atoms with Crippen LogP contribution in [0.3, 0.4) is 0 Å². The van der Waals surface area contributed by atoms with Gasteiger partial charge in [0.05, 0.1) is 5.75 Å². The zero-order valence-corrected chi connectivity index (χ0v) is 18.5. The minimum absolute atomic E-state index is 0.0186. The lowest BCUT2D eigenvalue weighted by molar-refractivity contribution is -0.119. The van der Waals surface area contributed by atoms with Crippen LogP contribution in [0.2, 0.25) is 0 Å². The lowest BCUT2D eigenvalue weighted by atomic mass is 10.2. The van der Waals surface area contributed by atoms with Crippen LogP contribution >= 0.6 is 34.9 Å².